The average Bonchev–Trinajstić information content (AvgIpc) is 3.45. The number of aryl methyl sites for hydroxylation is 1. The normalized spacial score (nSPS) is 18.4. The molecular formula is C24H30N6OS2. The van der Waals surface area contributed by atoms with Gasteiger partial charge in [0.1, 0.15) is 5.82 Å². The van der Waals surface area contributed by atoms with E-state index in [0.29, 0.717) is 5.75 Å². The molecule has 0 unspecified atom stereocenters. The van der Waals surface area contributed by atoms with Crippen LogP contribution in [-0.2, 0) is 24.7 Å². The molecule has 3 aromatic heterocycles. The van der Waals surface area contributed by atoms with Crippen LogP contribution < -0.4 is 4.90 Å². The summed E-state index contributed by atoms with van der Waals surface area (Å²) in [5.74, 6) is 3.23. The van der Waals surface area contributed by atoms with E-state index in [1.165, 1.54) is 52.8 Å². The van der Waals surface area contributed by atoms with Crippen LogP contribution in [-0.4, -0.2) is 62.5 Å². The number of rotatable bonds is 6. The number of hydrogen-bond donors (Lipinski definition) is 0. The number of aromatic nitrogens is 4. The smallest absolute Gasteiger partial charge is 0.233 e. The first-order chi connectivity index (χ1) is 16.1. The fourth-order valence-electron chi connectivity index (χ4n) is 4.66. The van der Waals surface area contributed by atoms with Crippen LogP contribution in [0, 0.1) is 5.92 Å². The SMILES string of the molecule is CC[C@H]1CCc2sc(-c3nnc(SCC(=O)N4CCN(c5ccccn5)CC4)n3C)cc2C1. The van der Waals surface area contributed by atoms with Gasteiger partial charge >= 0.3 is 0 Å². The van der Waals surface area contributed by atoms with Gasteiger partial charge in [-0.25, -0.2) is 4.98 Å². The molecule has 0 bridgehead atoms. The molecule has 4 heterocycles. The van der Waals surface area contributed by atoms with Crippen molar-refractivity contribution >= 4 is 34.8 Å². The number of fused-ring (bicyclic) bond motifs is 1. The molecule has 0 saturated carbocycles. The molecule has 0 N–H and O–H groups in total. The maximum atomic E-state index is 12.8. The zero-order valence-electron chi connectivity index (χ0n) is 19.2. The fraction of sp³-hybridized carbons (Fsp3) is 0.500. The van der Waals surface area contributed by atoms with E-state index < -0.39 is 0 Å². The quantitative estimate of drug-likeness (QED) is 0.497. The molecule has 1 amide bonds. The molecule has 1 aliphatic carbocycles. The van der Waals surface area contributed by atoms with E-state index in [-0.39, 0.29) is 5.91 Å². The summed E-state index contributed by atoms with van der Waals surface area (Å²) < 4.78 is 2.03. The molecular weight excluding hydrogens is 452 g/mol. The van der Waals surface area contributed by atoms with Crippen LogP contribution in [0.3, 0.4) is 0 Å². The number of carbonyl (C=O) groups is 1. The summed E-state index contributed by atoms with van der Waals surface area (Å²) in [7, 11) is 2.00. The van der Waals surface area contributed by atoms with Gasteiger partial charge < -0.3 is 14.4 Å². The van der Waals surface area contributed by atoms with Crippen molar-refractivity contribution < 1.29 is 4.79 Å². The number of piperazine rings is 1. The van der Waals surface area contributed by atoms with Gasteiger partial charge in [0, 0.05) is 44.3 Å². The second-order valence-electron chi connectivity index (χ2n) is 8.79. The topological polar surface area (TPSA) is 67.2 Å². The summed E-state index contributed by atoms with van der Waals surface area (Å²) in [6.45, 7) is 5.35. The second-order valence-corrected chi connectivity index (χ2v) is 10.9. The van der Waals surface area contributed by atoms with Gasteiger partial charge in [-0.3, -0.25) is 4.79 Å². The molecule has 5 rings (SSSR count). The van der Waals surface area contributed by atoms with Crippen molar-refractivity contribution in [2.45, 2.75) is 37.8 Å². The Morgan fingerprint density at radius 2 is 2.06 bits per heavy atom. The predicted molar refractivity (Wildman–Crippen MR) is 134 cm³/mol. The Bertz CT molecular complexity index is 1100. The van der Waals surface area contributed by atoms with Crippen LogP contribution in [0.15, 0.2) is 35.6 Å². The molecule has 174 valence electrons. The molecule has 1 aliphatic heterocycles. The largest absolute Gasteiger partial charge is 0.353 e. The maximum Gasteiger partial charge on any atom is 0.233 e. The van der Waals surface area contributed by atoms with Crippen LogP contribution in [0.2, 0.25) is 0 Å². The zero-order chi connectivity index (χ0) is 22.8. The predicted octanol–water partition coefficient (Wildman–Crippen LogP) is 3.89. The lowest BCUT2D eigenvalue weighted by Gasteiger charge is -2.35. The van der Waals surface area contributed by atoms with Crippen LogP contribution in [0.4, 0.5) is 5.82 Å². The monoisotopic (exact) mass is 482 g/mol. The molecule has 3 aromatic rings. The Balaban J connectivity index is 1.17. The number of thioether (sulfide) groups is 1. The average molecular weight is 483 g/mol. The highest BCUT2D eigenvalue weighted by Crippen LogP contribution is 2.38. The third kappa shape index (κ3) is 4.80. The van der Waals surface area contributed by atoms with Crippen molar-refractivity contribution in [3.8, 4) is 10.7 Å². The van der Waals surface area contributed by atoms with E-state index >= 15 is 0 Å². The summed E-state index contributed by atoms with van der Waals surface area (Å²) in [5.41, 5.74) is 1.49. The number of pyridine rings is 1. The van der Waals surface area contributed by atoms with Gasteiger partial charge in [0.2, 0.25) is 5.91 Å². The molecule has 0 spiro atoms. The summed E-state index contributed by atoms with van der Waals surface area (Å²) in [6, 6.07) is 8.25. The number of amides is 1. The molecule has 2 aliphatic rings. The Morgan fingerprint density at radius 1 is 1.21 bits per heavy atom. The molecule has 9 heteroatoms. The highest BCUT2D eigenvalue weighted by atomic mass is 32.2. The molecule has 7 nitrogen and oxygen atoms in total. The number of carbonyl (C=O) groups excluding carboxylic acids is 1. The summed E-state index contributed by atoms with van der Waals surface area (Å²) in [4.78, 5) is 24.1. The summed E-state index contributed by atoms with van der Waals surface area (Å²) >= 11 is 3.33. The van der Waals surface area contributed by atoms with E-state index in [1.54, 1.807) is 0 Å². The lowest BCUT2D eigenvalue weighted by atomic mass is 9.87. The van der Waals surface area contributed by atoms with Gasteiger partial charge in [0.05, 0.1) is 10.6 Å². The van der Waals surface area contributed by atoms with Crippen LogP contribution >= 0.6 is 23.1 Å². The Labute approximate surface area is 203 Å². The van der Waals surface area contributed by atoms with Crippen LogP contribution in [0.5, 0.6) is 0 Å². The van der Waals surface area contributed by atoms with Gasteiger partial charge in [0.25, 0.3) is 0 Å². The Kier molecular flexibility index (Phi) is 6.69. The van der Waals surface area contributed by atoms with Gasteiger partial charge in [-0.2, -0.15) is 0 Å². The molecule has 0 aromatic carbocycles. The van der Waals surface area contributed by atoms with E-state index in [0.717, 1.165) is 48.9 Å². The number of hydrogen-bond acceptors (Lipinski definition) is 7. The van der Waals surface area contributed by atoms with Gasteiger partial charge in [-0.05, 0) is 48.9 Å². The van der Waals surface area contributed by atoms with Gasteiger partial charge in [0.15, 0.2) is 11.0 Å². The third-order valence-corrected chi connectivity index (χ3v) is 8.99. The molecule has 1 saturated heterocycles. The maximum absolute atomic E-state index is 12.8. The standard InChI is InChI=1S/C24H30N6OS2/c1-3-17-7-8-19-18(14-17)15-20(33-19)23-26-27-24(28(23)2)32-16-22(31)30-12-10-29(11-13-30)21-6-4-5-9-25-21/h4-6,9,15,17H,3,7-8,10-14,16H2,1-2H3/t17-/m0/s1. The van der Waals surface area contributed by atoms with Crippen molar-refractivity contribution in [1.29, 1.82) is 0 Å². The van der Waals surface area contributed by atoms with Crippen LogP contribution in [0.1, 0.15) is 30.2 Å². The minimum absolute atomic E-state index is 0.155. The first-order valence-electron chi connectivity index (χ1n) is 11.7. The van der Waals surface area contributed by atoms with Gasteiger partial charge in [-0.15, -0.1) is 21.5 Å². The number of thiophene rings is 1. The highest BCUT2D eigenvalue weighted by Gasteiger charge is 2.24. The highest BCUT2D eigenvalue weighted by molar-refractivity contribution is 7.99. The lowest BCUT2D eigenvalue weighted by molar-refractivity contribution is -0.128. The molecule has 33 heavy (non-hydrogen) atoms. The molecule has 1 fully saturated rings. The first kappa shape index (κ1) is 22.4. The minimum Gasteiger partial charge on any atom is -0.353 e. The number of anilines is 1. The molecule has 0 radical (unpaired) electrons. The minimum atomic E-state index is 0.155. The Morgan fingerprint density at radius 3 is 2.82 bits per heavy atom. The van der Waals surface area contributed by atoms with Crippen molar-refractivity contribution in [3.63, 3.8) is 0 Å². The van der Waals surface area contributed by atoms with E-state index in [4.69, 9.17) is 0 Å². The van der Waals surface area contributed by atoms with Gasteiger partial charge in [-0.1, -0.05) is 31.2 Å². The lowest BCUT2D eigenvalue weighted by Crippen LogP contribution is -2.49. The molecule has 1 atom stereocenters. The van der Waals surface area contributed by atoms with E-state index in [1.807, 2.05) is 52.2 Å². The number of nitrogens with zero attached hydrogens (tertiary/aromatic N) is 6. The van der Waals surface area contributed by atoms with Crippen molar-refractivity contribution in [2.24, 2.45) is 13.0 Å². The summed E-state index contributed by atoms with van der Waals surface area (Å²) in [6.07, 6.45) is 6.72. The second kappa shape index (κ2) is 9.85. The zero-order valence-corrected chi connectivity index (χ0v) is 20.9. The van der Waals surface area contributed by atoms with E-state index in [9.17, 15) is 4.79 Å². The third-order valence-electron chi connectivity index (χ3n) is 6.75. The van der Waals surface area contributed by atoms with Crippen molar-refractivity contribution in [2.75, 3.05) is 36.8 Å². The van der Waals surface area contributed by atoms with Crippen LogP contribution in [0.25, 0.3) is 10.7 Å². The fourth-order valence-corrected chi connectivity index (χ4v) is 6.70. The Hall–Kier alpha value is -2.39. The van der Waals surface area contributed by atoms with Crippen molar-refractivity contribution in [1.82, 2.24) is 24.6 Å². The first-order valence-corrected chi connectivity index (χ1v) is 13.5. The van der Waals surface area contributed by atoms with Crippen molar-refractivity contribution in [3.05, 3.63) is 40.9 Å². The van der Waals surface area contributed by atoms with E-state index in [2.05, 4.69) is 33.1 Å². The summed E-state index contributed by atoms with van der Waals surface area (Å²) in [5, 5.41) is 9.65.